The maximum atomic E-state index is 12.1. The smallest absolute Gasteiger partial charge is 0.187 e. The summed E-state index contributed by atoms with van der Waals surface area (Å²) in [6.45, 7) is 15.1. The first-order chi connectivity index (χ1) is 25.7. The number of hydrogen-bond acceptors (Lipinski definition) is 13. The fourth-order valence-corrected chi connectivity index (χ4v) is 13.3. The normalized spacial score (nSPS) is 51.1. The van der Waals surface area contributed by atoms with Crippen molar-refractivity contribution in [3.8, 4) is 0 Å². The molecule has 0 aromatic heterocycles. The van der Waals surface area contributed by atoms with Crippen LogP contribution in [0.2, 0.25) is 0 Å². The maximum absolute atomic E-state index is 12.1. The highest BCUT2D eigenvalue weighted by molar-refractivity contribution is 5.18. The number of ether oxygens (including phenoxy) is 4. The molecule has 0 aromatic carbocycles. The van der Waals surface area contributed by atoms with Gasteiger partial charge in [-0.1, -0.05) is 46.3 Å². The Balaban J connectivity index is 1.08. The molecule has 318 valence electrons. The van der Waals surface area contributed by atoms with Gasteiger partial charge in [0.05, 0.1) is 31.5 Å². The molecule has 0 radical (unpaired) electrons. The van der Waals surface area contributed by atoms with Gasteiger partial charge in [-0.2, -0.15) is 0 Å². The van der Waals surface area contributed by atoms with Crippen molar-refractivity contribution in [1.82, 2.24) is 0 Å². The third kappa shape index (κ3) is 7.42. The number of fused-ring (bicyclic) bond motifs is 5. The van der Waals surface area contributed by atoms with Crippen LogP contribution < -0.4 is 0 Å². The van der Waals surface area contributed by atoms with E-state index in [0.29, 0.717) is 30.6 Å². The Labute approximate surface area is 327 Å². The van der Waals surface area contributed by atoms with Crippen molar-refractivity contribution in [2.24, 2.45) is 45.3 Å². The molecular formula is C42H72O13. The SMILES string of the molecule is C/C(=C/CC[C@](C)(O)[C@@H]1CC[C@]2(C)[C@H]1CC[C@@H]1[C@]3(C)CC[C@@H](O[C@H]4O[C@@H](CO)[C@H](O)[C@@H](O)[C@@H]4O)C(C)(C)[C@@H]3CC[C@]12C)CO[C@H]1O[C@@H](CO)[C@H](O)[C@@H](O)[C@@H]1O. The topological polar surface area (TPSA) is 219 Å². The Bertz CT molecular complexity index is 1350. The summed E-state index contributed by atoms with van der Waals surface area (Å²) in [5.74, 6) is 1.45. The minimum absolute atomic E-state index is 0.0698. The van der Waals surface area contributed by atoms with E-state index in [9.17, 15) is 46.0 Å². The third-order valence-corrected chi connectivity index (χ3v) is 16.7. The molecule has 2 heterocycles. The molecule has 0 spiro atoms. The molecule has 4 aliphatic carbocycles. The van der Waals surface area contributed by atoms with Gasteiger partial charge in [0.15, 0.2) is 12.6 Å². The van der Waals surface area contributed by atoms with Crippen LogP contribution in [0.15, 0.2) is 11.6 Å². The van der Waals surface area contributed by atoms with Crippen molar-refractivity contribution in [2.45, 2.75) is 186 Å². The van der Waals surface area contributed by atoms with Crippen LogP contribution in [-0.4, -0.2) is 139 Å². The van der Waals surface area contributed by atoms with E-state index in [0.717, 1.165) is 56.9 Å². The predicted molar refractivity (Wildman–Crippen MR) is 201 cm³/mol. The van der Waals surface area contributed by atoms with Gasteiger partial charge in [-0.05, 0) is 123 Å². The molecule has 13 heteroatoms. The van der Waals surface area contributed by atoms with Gasteiger partial charge in [0.25, 0.3) is 0 Å². The average Bonchev–Trinajstić information content (AvgIpc) is 3.50. The predicted octanol–water partition coefficient (Wildman–Crippen LogP) is 2.15. The Morgan fingerprint density at radius 1 is 0.709 bits per heavy atom. The zero-order chi connectivity index (χ0) is 40.5. The number of aliphatic hydroxyl groups is 9. The summed E-state index contributed by atoms with van der Waals surface area (Å²) < 4.78 is 23.4. The molecule has 2 saturated heterocycles. The van der Waals surface area contributed by atoms with Crippen molar-refractivity contribution in [3.05, 3.63) is 11.6 Å². The molecule has 9 N–H and O–H groups in total. The summed E-state index contributed by atoms with van der Waals surface area (Å²) in [6.07, 6.45) is -1.83. The lowest BCUT2D eigenvalue weighted by Gasteiger charge is -2.70. The summed E-state index contributed by atoms with van der Waals surface area (Å²) in [7, 11) is 0. The summed E-state index contributed by atoms with van der Waals surface area (Å²) in [5, 5.41) is 93.2. The second-order valence-corrected chi connectivity index (χ2v) is 20.0. The average molecular weight is 785 g/mol. The van der Waals surface area contributed by atoms with Crippen LogP contribution in [0.3, 0.4) is 0 Å². The second-order valence-electron chi connectivity index (χ2n) is 20.0. The van der Waals surface area contributed by atoms with Crippen LogP contribution in [0.1, 0.15) is 113 Å². The minimum Gasteiger partial charge on any atom is -0.394 e. The fraction of sp³-hybridized carbons (Fsp3) is 0.952. The van der Waals surface area contributed by atoms with Crippen LogP contribution >= 0.6 is 0 Å². The Hall–Kier alpha value is -0.780. The maximum Gasteiger partial charge on any atom is 0.187 e. The molecule has 2 aliphatic heterocycles. The molecule has 0 aromatic rings. The van der Waals surface area contributed by atoms with Crippen LogP contribution in [0.5, 0.6) is 0 Å². The number of aliphatic hydroxyl groups excluding tert-OH is 8. The Morgan fingerprint density at radius 2 is 1.29 bits per heavy atom. The van der Waals surface area contributed by atoms with E-state index < -0.39 is 80.2 Å². The quantitative estimate of drug-likeness (QED) is 0.109. The van der Waals surface area contributed by atoms with Crippen LogP contribution in [0, 0.1) is 45.3 Å². The molecule has 6 fully saturated rings. The molecule has 0 unspecified atom stereocenters. The second kappa shape index (κ2) is 16.0. The van der Waals surface area contributed by atoms with Gasteiger partial charge in [-0.25, -0.2) is 0 Å². The van der Waals surface area contributed by atoms with Crippen molar-refractivity contribution in [2.75, 3.05) is 19.8 Å². The molecular weight excluding hydrogens is 712 g/mol. The van der Waals surface area contributed by atoms with Crippen LogP contribution in [0.4, 0.5) is 0 Å². The van der Waals surface area contributed by atoms with Gasteiger partial charge >= 0.3 is 0 Å². The van der Waals surface area contributed by atoms with Crippen LogP contribution in [-0.2, 0) is 18.9 Å². The molecule has 0 bridgehead atoms. The highest BCUT2D eigenvalue weighted by atomic mass is 16.7. The molecule has 55 heavy (non-hydrogen) atoms. The van der Waals surface area contributed by atoms with Gasteiger partial charge in [0, 0.05) is 0 Å². The van der Waals surface area contributed by atoms with Gasteiger partial charge in [-0.3, -0.25) is 0 Å². The molecule has 6 rings (SSSR count). The highest BCUT2D eigenvalue weighted by Crippen LogP contribution is 2.76. The first kappa shape index (κ1) is 43.8. The van der Waals surface area contributed by atoms with Gasteiger partial charge < -0.3 is 64.9 Å². The van der Waals surface area contributed by atoms with Gasteiger partial charge in [0.1, 0.15) is 48.8 Å². The van der Waals surface area contributed by atoms with Crippen molar-refractivity contribution in [3.63, 3.8) is 0 Å². The van der Waals surface area contributed by atoms with Crippen molar-refractivity contribution >= 4 is 0 Å². The lowest BCUT2D eigenvalue weighted by molar-refractivity contribution is -0.331. The Morgan fingerprint density at radius 3 is 1.91 bits per heavy atom. The van der Waals surface area contributed by atoms with Gasteiger partial charge in [-0.15, -0.1) is 0 Å². The highest BCUT2D eigenvalue weighted by Gasteiger charge is 2.69. The van der Waals surface area contributed by atoms with E-state index in [1.807, 2.05) is 19.9 Å². The van der Waals surface area contributed by atoms with Crippen molar-refractivity contribution in [1.29, 1.82) is 0 Å². The molecule has 4 saturated carbocycles. The minimum atomic E-state index is -1.49. The first-order valence-electron chi connectivity index (χ1n) is 20.9. The lowest BCUT2D eigenvalue weighted by atomic mass is 9.35. The van der Waals surface area contributed by atoms with E-state index in [4.69, 9.17) is 18.9 Å². The first-order valence-corrected chi connectivity index (χ1v) is 20.9. The lowest BCUT2D eigenvalue weighted by Crippen LogP contribution is -2.65. The molecule has 6 aliphatic rings. The monoisotopic (exact) mass is 784 g/mol. The van der Waals surface area contributed by atoms with E-state index in [1.165, 1.54) is 0 Å². The van der Waals surface area contributed by atoms with Gasteiger partial charge in [0.2, 0.25) is 0 Å². The third-order valence-electron chi connectivity index (χ3n) is 16.7. The van der Waals surface area contributed by atoms with Crippen molar-refractivity contribution < 1.29 is 64.9 Å². The van der Waals surface area contributed by atoms with E-state index in [-0.39, 0.29) is 40.3 Å². The number of rotatable bonds is 11. The molecule has 0 amide bonds. The summed E-state index contributed by atoms with van der Waals surface area (Å²) in [5.41, 5.74) is 0.0309. The van der Waals surface area contributed by atoms with E-state index in [2.05, 4.69) is 34.6 Å². The van der Waals surface area contributed by atoms with Crippen LogP contribution in [0.25, 0.3) is 0 Å². The summed E-state index contributed by atoms with van der Waals surface area (Å²) >= 11 is 0. The number of allylic oxidation sites excluding steroid dienone is 1. The Kier molecular flexibility index (Phi) is 12.7. The zero-order valence-electron chi connectivity index (χ0n) is 34.1. The molecule has 13 nitrogen and oxygen atoms in total. The standard InChI is InChI=1S/C42H72O13/c1-22(21-52-36-34(49)32(47)30(45)25(19-43)53-36)9-8-15-42(7,51)24-12-17-40(5)23(24)10-11-28-39(4)16-14-29(38(2,3)27(39)13-18-41(28,40)6)55-37-35(50)33(48)31(46)26(20-44)54-37/h9,23-37,43-51H,8,10-21H2,1-7H3/b22-9-/t23-,24+,25-,26-,27-,28+,29+,30-,31-,32+,33+,34-,35-,36-,37+,39+,40+,41+,42-/m0/s1. The molecule has 19 atom stereocenters. The summed E-state index contributed by atoms with van der Waals surface area (Å²) in [6, 6.07) is 0. The number of hydrogen-bond donors (Lipinski definition) is 9. The fourth-order valence-electron chi connectivity index (χ4n) is 13.3. The summed E-state index contributed by atoms with van der Waals surface area (Å²) in [4.78, 5) is 0. The van der Waals surface area contributed by atoms with E-state index >= 15 is 0 Å². The van der Waals surface area contributed by atoms with E-state index in [1.54, 1.807) is 0 Å². The largest absolute Gasteiger partial charge is 0.394 e. The zero-order valence-corrected chi connectivity index (χ0v) is 34.1.